The first-order chi connectivity index (χ1) is 7.86. The van der Waals surface area contributed by atoms with E-state index in [0.717, 1.165) is 13.0 Å². The van der Waals surface area contributed by atoms with Crippen LogP contribution in [0.2, 0.25) is 0 Å². The number of fused-ring (bicyclic) bond motifs is 1. The lowest BCUT2D eigenvalue weighted by Gasteiger charge is -2.15. The predicted octanol–water partition coefficient (Wildman–Crippen LogP) is 2.78. The molecule has 0 aliphatic carbocycles. The summed E-state index contributed by atoms with van der Waals surface area (Å²) in [5, 5.41) is 2.15. The van der Waals surface area contributed by atoms with Crippen LogP contribution in [0.5, 0.6) is 0 Å². The molecular weight excluding hydrogens is 214 g/mol. The minimum absolute atomic E-state index is 1.12. The van der Waals surface area contributed by atoms with Crippen molar-refractivity contribution >= 4 is 17.0 Å². The van der Waals surface area contributed by atoms with Crippen LogP contribution in [0.25, 0.3) is 0 Å². The summed E-state index contributed by atoms with van der Waals surface area (Å²) in [6, 6.07) is 13.1. The van der Waals surface area contributed by atoms with E-state index < -0.39 is 0 Å². The van der Waals surface area contributed by atoms with Crippen LogP contribution >= 0.6 is 11.3 Å². The molecule has 0 radical (unpaired) electrons. The SMILES string of the molecule is C[N+]1=C(c2cccs2)c2ccccc2CC1. The minimum Gasteiger partial charge on any atom is -0.231 e. The number of benzene rings is 1. The Hall–Kier alpha value is -1.41. The summed E-state index contributed by atoms with van der Waals surface area (Å²) in [5.41, 5.74) is 4.26. The van der Waals surface area contributed by atoms with Crippen molar-refractivity contribution in [2.45, 2.75) is 6.42 Å². The van der Waals surface area contributed by atoms with Crippen molar-refractivity contribution in [1.82, 2.24) is 0 Å². The van der Waals surface area contributed by atoms with Gasteiger partial charge in [0.25, 0.3) is 0 Å². The molecular formula is C14H14NS+. The highest BCUT2D eigenvalue weighted by Gasteiger charge is 2.24. The summed E-state index contributed by atoms with van der Waals surface area (Å²) < 4.78 is 2.37. The Morgan fingerprint density at radius 1 is 1.12 bits per heavy atom. The highest BCUT2D eigenvalue weighted by molar-refractivity contribution is 7.12. The number of hydrogen-bond acceptors (Lipinski definition) is 1. The molecule has 3 rings (SSSR count). The van der Waals surface area contributed by atoms with Gasteiger partial charge in [-0.05, 0) is 23.1 Å². The van der Waals surface area contributed by atoms with Gasteiger partial charge in [0, 0.05) is 6.42 Å². The molecule has 0 saturated heterocycles. The number of hydrogen-bond donors (Lipinski definition) is 0. The summed E-state index contributed by atoms with van der Waals surface area (Å²) in [5.74, 6) is 0. The van der Waals surface area contributed by atoms with Gasteiger partial charge < -0.3 is 0 Å². The molecule has 1 nitrogen and oxygen atoms in total. The van der Waals surface area contributed by atoms with Crippen molar-refractivity contribution in [2.75, 3.05) is 13.6 Å². The maximum Gasteiger partial charge on any atom is 0.224 e. The van der Waals surface area contributed by atoms with Gasteiger partial charge in [-0.1, -0.05) is 24.3 Å². The van der Waals surface area contributed by atoms with E-state index >= 15 is 0 Å². The molecule has 0 fully saturated rings. The lowest BCUT2D eigenvalue weighted by Crippen LogP contribution is -2.27. The van der Waals surface area contributed by atoms with Gasteiger partial charge in [0.15, 0.2) is 0 Å². The van der Waals surface area contributed by atoms with E-state index in [-0.39, 0.29) is 0 Å². The highest BCUT2D eigenvalue weighted by atomic mass is 32.1. The zero-order valence-corrected chi connectivity index (χ0v) is 10.1. The van der Waals surface area contributed by atoms with Gasteiger partial charge in [-0.15, -0.1) is 11.3 Å². The maximum absolute atomic E-state index is 2.37. The number of nitrogens with zero attached hydrogens (tertiary/aromatic N) is 1. The van der Waals surface area contributed by atoms with E-state index in [1.807, 2.05) is 11.3 Å². The second kappa shape index (κ2) is 3.87. The molecule has 0 atom stereocenters. The van der Waals surface area contributed by atoms with Crippen LogP contribution in [0.15, 0.2) is 41.8 Å². The molecule has 0 unspecified atom stereocenters. The Kier molecular flexibility index (Phi) is 2.37. The van der Waals surface area contributed by atoms with Gasteiger partial charge in [-0.2, -0.15) is 0 Å². The Morgan fingerprint density at radius 3 is 2.81 bits per heavy atom. The molecule has 2 heterocycles. The molecule has 1 aliphatic heterocycles. The first-order valence-electron chi connectivity index (χ1n) is 5.56. The van der Waals surface area contributed by atoms with Crippen molar-refractivity contribution in [3.63, 3.8) is 0 Å². The van der Waals surface area contributed by atoms with E-state index in [9.17, 15) is 0 Å². The normalized spacial score (nSPS) is 15.1. The monoisotopic (exact) mass is 228 g/mol. The third kappa shape index (κ3) is 1.50. The number of rotatable bonds is 1. The van der Waals surface area contributed by atoms with E-state index in [2.05, 4.69) is 53.4 Å². The van der Waals surface area contributed by atoms with Crippen LogP contribution < -0.4 is 0 Å². The largest absolute Gasteiger partial charge is 0.231 e. The molecule has 0 spiro atoms. The Labute approximate surface area is 99.7 Å². The van der Waals surface area contributed by atoms with E-state index in [0.29, 0.717) is 0 Å². The first-order valence-corrected chi connectivity index (χ1v) is 6.44. The topological polar surface area (TPSA) is 3.01 Å². The summed E-state index contributed by atoms with van der Waals surface area (Å²) in [6.07, 6.45) is 1.15. The second-order valence-corrected chi connectivity index (χ2v) is 5.10. The third-order valence-corrected chi connectivity index (χ3v) is 4.00. The van der Waals surface area contributed by atoms with Crippen LogP contribution in [0, 0.1) is 0 Å². The molecule has 0 bridgehead atoms. The van der Waals surface area contributed by atoms with Crippen molar-refractivity contribution < 1.29 is 4.58 Å². The molecule has 2 heteroatoms. The summed E-state index contributed by atoms with van der Waals surface area (Å²) >= 11 is 1.82. The smallest absolute Gasteiger partial charge is 0.224 e. The molecule has 1 aromatic heterocycles. The zero-order valence-electron chi connectivity index (χ0n) is 9.31. The van der Waals surface area contributed by atoms with E-state index in [1.54, 1.807) is 0 Å². The van der Waals surface area contributed by atoms with Crippen molar-refractivity contribution in [3.05, 3.63) is 57.8 Å². The lowest BCUT2D eigenvalue weighted by atomic mass is 9.96. The van der Waals surface area contributed by atoms with Crippen molar-refractivity contribution in [3.8, 4) is 0 Å². The molecule has 1 aliphatic rings. The van der Waals surface area contributed by atoms with Gasteiger partial charge in [0.05, 0.1) is 10.4 Å². The quantitative estimate of drug-likeness (QED) is 0.660. The molecule has 0 saturated carbocycles. The molecule has 16 heavy (non-hydrogen) atoms. The fraction of sp³-hybridized carbons (Fsp3) is 0.214. The van der Waals surface area contributed by atoms with Crippen LogP contribution in [0.3, 0.4) is 0 Å². The fourth-order valence-electron chi connectivity index (χ4n) is 2.31. The average Bonchev–Trinajstić information content (AvgIpc) is 2.82. The first kappa shape index (κ1) is 9.79. The van der Waals surface area contributed by atoms with Crippen molar-refractivity contribution in [2.24, 2.45) is 0 Å². The van der Waals surface area contributed by atoms with E-state index in [1.165, 1.54) is 21.7 Å². The number of thiophene rings is 1. The average molecular weight is 228 g/mol. The molecule has 80 valence electrons. The van der Waals surface area contributed by atoms with Gasteiger partial charge in [0.2, 0.25) is 5.71 Å². The highest BCUT2D eigenvalue weighted by Crippen LogP contribution is 2.22. The lowest BCUT2D eigenvalue weighted by molar-refractivity contribution is -0.497. The second-order valence-electron chi connectivity index (χ2n) is 4.15. The predicted molar refractivity (Wildman–Crippen MR) is 68.7 cm³/mol. The Balaban J connectivity index is 2.22. The standard InChI is InChI=1S/C14H14NS/c1-15-9-8-11-5-2-3-6-12(11)14(15)13-7-4-10-16-13/h2-7,10H,8-9H2,1H3/q+1. The van der Waals surface area contributed by atoms with Crippen molar-refractivity contribution in [1.29, 1.82) is 0 Å². The molecule has 2 aromatic rings. The van der Waals surface area contributed by atoms with Gasteiger partial charge in [0.1, 0.15) is 13.6 Å². The van der Waals surface area contributed by atoms with Crippen LogP contribution in [0.4, 0.5) is 0 Å². The van der Waals surface area contributed by atoms with Crippen LogP contribution in [-0.2, 0) is 6.42 Å². The molecule has 1 aromatic carbocycles. The summed E-state index contributed by atoms with van der Waals surface area (Å²) in [6.45, 7) is 1.12. The third-order valence-electron chi connectivity index (χ3n) is 3.13. The minimum atomic E-state index is 1.12. The summed E-state index contributed by atoms with van der Waals surface area (Å²) in [7, 11) is 2.19. The molecule has 0 amide bonds. The maximum atomic E-state index is 2.37. The van der Waals surface area contributed by atoms with Crippen LogP contribution in [0.1, 0.15) is 16.0 Å². The number of likely N-dealkylation sites (N-methyl/N-ethyl adjacent to an activating group) is 1. The van der Waals surface area contributed by atoms with Gasteiger partial charge in [-0.25, -0.2) is 4.58 Å². The van der Waals surface area contributed by atoms with Gasteiger partial charge >= 0.3 is 0 Å². The van der Waals surface area contributed by atoms with E-state index in [4.69, 9.17) is 0 Å². The Morgan fingerprint density at radius 2 is 2.00 bits per heavy atom. The van der Waals surface area contributed by atoms with Gasteiger partial charge in [-0.3, -0.25) is 0 Å². The zero-order chi connectivity index (χ0) is 11.0. The summed E-state index contributed by atoms with van der Waals surface area (Å²) in [4.78, 5) is 1.37. The fourth-order valence-corrected chi connectivity index (χ4v) is 3.15. The molecule has 0 N–H and O–H groups in total. The Bertz CT molecular complexity index is 538. The van der Waals surface area contributed by atoms with Crippen LogP contribution in [-0.4, -0.2) is 23.9 Å².